The highest BCUT2D eigenvalue weighted by molar-refractivity contribution is 7.18. The molecule has 142 valence electrons. The van der Waals surface area contributed by atoms with Crippen molar-refractivity contribution >= 4 is 33.6 Å². The molecule has 2 aromatic rings. The Morgan fingerprint density at radius 3 is 2.46 bits per heavy atom. The van der Waals surface area contributed by atoms with E-state index in [2.05, 4.69) is 15.6 Å². The van der Waals surface area contributed by atoms with Gasteiger partial charge in [0.25, 0.3) is 0 Å². The van der Waals surface area contributed by atoms with Gasteiger partial charge in [-0.15, -0.1) is 11.3 Å². The number of rotatable bonds is 6. The fraction of sp³-hybridized carbons (Fsp3) is 0.500. The summed E-state index contributed by atoms with van der Waals surface area (Å²) in [6.45, 7) is 8.95. The molecule has 0 fully saturated rings. The quantitative estimate of drug-likeness (QED) is 0.798. The summed E-state index contributed by atoms with van der Waals surface area (Å²) < 4.78 is 19.1. The first-order chi connectivity index (χ1) is 12.2. The molecule has 26 heavy (non-hydrogen) atoms. The highest BCUT2D eigenvalue weighted by Gasteiger charge is 2.27. The van der Waals surface area contributed by atoms with Crippen LogP contribution in [0.5, 0.6) is 0 Å². The maximum Gasteiger partial charge on any atom is 0.408 e. The van der Waals surface area contributed by atoms with Crippen LogP contribution in [0.15, 0.2) is 18.2 Å². The minimum Gasteiger partial charge on any atom is -0.447 e. The summed E-state index contributed by atoms with van der Waals surface area (Å²) in [7, 11) is 0. The van der Waals surface area contributed by atoms with Crippen molar-refractivity contribution in [2.24, 2.45) is 5.92 Å². The van der Waals surface area contributed by atoms with E-state index in [9.17, 15) is 14.0 Å². The molecule has 1 aromatic carbocycles. The molecule has 0 spiro atoms. The van der Waals surface area contributed by atoms with Crippen LogP contribution in [0.2, 0.25) is 0 Å². The minimum absolute atomic E-state index is 0.119. The molecule has 2 rings (SSSR count). The van der Waals surface area contributed by atoms with Gasteiger partial charge in [0.05, 0.1) is 22.4 Å². The molecule has 1 heterocycles. The number of carbonyl (C=O) groups is 2. The highest BCUT2D eigenvalue weighted by Crippen LogP contribution is 2.27. The molecule has 2 atom stereocenters. The van der Waals surface area contributed by atoms with Crippen LogP contribution in [0.4, 0.5) is 9.18 Å². The SMILES string of the molecule is CC(C)OC(=O)N[C@@H](C(=O)N[C@@H](C)c1nc2ccc(F)cc2s1)C(C)C. The molecule has 0 saturated carbocycles. The summed E-state index contributed by atoms with van der Waals surface area (Å²) in [5, 5.41) is 6.13. The van der Waals surface area contributed by atoms with Crippen molar-refractivity contribution in [1.82, 2.24) is 15.6 Å². The van der Waals surface area contributed by atoms with Gasteiger partial charge in [0.2, 0.25) is 5.91 Å². The molecule has 0 aliphatic heterocycles. The molecule has 0 aliphatic carbocycles. The molecule has 6 nitrogen and oxygen atoms in total. The maximum absolute atomic E-state index is 13.3. The Labute approximate surface area is 156 Å². The van der Waals surface area contributed by atoms with E-state index in [4.69, 9.17) is 4.74 Å². The van der Waals surface area contributed by atoms with E-state index in [0.717, 1.165) is 4.70 Å². The van der Waals surface area contributed by atoms with Gasteiger partial charge in [-0.2, -0.15) is 0 Å². The monoisotopic (exact) mass is 381 g/mol. The van der Waals surface area contributed by atoms with Crippen LogP contribution in [0.1, 0.15) is 45.7 Å². The predicted octanol–water partition coefficient (Wildman–Crippen LogP) is 3.77. The Morgan fingerprint density at radius 1 is 1.15 bits per heavy atom. The number of thiazole rings is 1. The van der Waals surface area contributed by atoms with Crippen molar-refractivity contribution in [3.05, 3.63) is 29.0 Å². The van der Waals surface area contributed by atoms with Crippen LogP contribution in [-0.2, 0) is 9.53 Å². The molecule has 0 saturated heterocycles. The van der Waals surface area contributed by atoms with Crippen LogP contribution in [0, 0.1) is 11.7 Å². The van der Waals surface area contributed by atoms with Gasteiger partial charge in [0, 0.05) is 0 Å². The third kappa shape index (κ3) is 5.14. The summed E-state index contributed by atoms with van der Waals surface area (Å²) in [6, 6.07) is 3.29. The number of nitrogens with zero attached hydrogens (tertiary/aromatic N) is 1. The van der Waals surface area contributed by atoms with E-state index in [1.807, 2.05) is 13.8 Å². The number of fused-ring (bicyclic) bond motifs is 1. The van der Waals surface area contributed by atoms with Gasteiger partial charge in [0.1, 0.15) is 16.9 Å². The molecular weight excluding hydrogens is 357 g/mol. The second-order valence-electron chi connectivity index (χ2n) is 6.71. The van der Waals surface area contributed by atoms with Crippen molar-refractivity contribution in [2.75, 3.05) is 0 Å². The molecule has 2 N–H and O–H groups in total. The van der Waals surface area contributed by atoms with E-state index in [0.29, 0.717) is 10.5 Å². The highest BCUT2D eigenvalue weighted by atomic mass is 32.1. The molecular formula is C18H24FN3O3S. The van der Waals surface area contributed by atoms with Crippen LogP contribution in [0.3, 0.4) is 0 Å². The Bertz CT molecular complexity index is 791. The van der Waals surface area contributed by atoms with E-state index in [1.165, 1.54) is 23.5 Å². The number of nitrogens with one attached hydrogen (secondary N) is 2. The molecule has 2 amide bonds. The Balaban J connectivity index is 2.07. The van der Waals surface area contributed by atoms with Gasteiger partial charge >= 0.3 is 6.09 Å². The van der Waals surface area contributed by atoms with Crippen LogP contribution >= 0.6 is 11.3 Å². The standard InChI is InChI=1S/C18H24FN3O3S/c1-9(2)15(22-18(24)25-10(3)4)16(23)20-11(5)17-21-13-7-6-12(19)8-14(13)26-17/h6-11,15H,1-5H3,(H,20,23)(H,22,24)/t11-,15+/m0/s1. The number of benzene rings is 1. The maximum atomic E-state index is 13.3. The number of alkyl carbamates (subject to hydrolysis) is 1. The molecule has 0 aliphatic rings. The average molecular weight is 381 g/mol. The third-order valence-corrected chi connectivity index (χ3v) is 4.86. The first-order valence-corrected chi connectivity index (χ1v) is 9.32. The van der Waals surface area contributed by atoms with Gasteiger partial charge in [-0.3, -0.25) is 4.79 Å². The van der Waals surface area contributed by atoms with Crippen LogP contribution in [-0.4, -0.2) is 29.1 Å². The number of carbonyl (C=O) groups excluding carboxylic acids is 2. The van der Waals surface area contributed by atoms with Crippen molar-refractivity contribution in [2.45, 2.75) is 52.8 Å². The van der Waals surface area contributed by atoms with Gasteiger partial charge in [-0.1, -0.05) is 13.8 Å². The zero-order valence-electron chi connectivity index (χ0n) is 15.5. The second kappa shape index (κ2) is 8.44. The topological polar surface area (TPSA) is 80.3 Å². The summed E-state index contributed by atoms with van der Waals surface area (Å²) in [6.07, 6.45) is -0.898. The zero-order chi connectivity index (χ0) is 19.4. The minimum atomic E-state index is -0.726. The zero-order valence-corrected chi connectivity index (χ0v) is 16.3. The van der Waals surface area contributed by atoms with E-state index in [-0.39, 0.29) is 29.8 Å². The van der Waals surface area contributed by atoms with Gasteiger partial charge < -0.3 is 15.4 Å². The van der Waals surface area contributed by atoms with Crippen molar-refractivity contribution in [3.63, 3.8) is 0 Å². The van der Waals surface area contributed by atoms with Crippen molar-refractivity contribution < 1.29 is 18.7 Å². The van der Waals surface area contributed by atoms with Crippen LogP contribution in [0.25, 0.3) is 10.2 Å². The number of ether oxygens (including phenoxy) is 1. The summed E-state index contributed by atoms with van der Waals surface area (Å²) in [4.78, 5) is 28.8. The third-order valence-electron chi connectivity index (χ3n) is 3.66. The fourth-order valence-corrected chi connectivity index (χ4v) is 3.37. The lowest BCUT2D eigenvalue weighted by Gasteiger charge is -2.23. The number of hydrogen-bond donors (Lipinski definition) is 2. The summed E-state index contributed by atoms with van der Waals surface area (Å²) >= 11 is 1.33. The van der Waals surface area contributed by atoms with Crippen molar-refractivity contribution in [3.8, 4) is 0 Å². The second-order valence-corrected chi connectivity index (χ2v) is 7.78. The first kappa shape index (κ1) is 20.1. The largest absolute Gasteiger partial charge is 0.447 e. The molecule has 0 bridgehead atoms. The summed E-state index contributed by atoms with van der Waals surface area (Å²) in [5.41, 5.74) is 0.687. The number of halogens is 1. The number of aromatic nitrogens is 1. The Kier molecular flexibility index (Phi) is 6.52. The lowest BCUT2D eigenvalue weighted by atomic mass is 10.0. The van der Waals surface area contributed by atoms with E-state index < -0.39 is 12.1 Å². The lowest BCUT2D eigenvalue weighted by molar-refractivity contribution is -0.124. The number of hydrogen-bond acceptors (Lipinski definition) is 5. The fourth-order valence-electron chi connectivity index (χ4n) is 2.38. The molecule has 1 aromatic heterocycles. The smallest absolute Gasteiger partial charge is 0.408 e. The van der Waals surface area contributed by atoms with Crippen LogP contribution < -0.4 is 10.6 Å². The summed E-state index contributed by atoms with van der Waals surface area (Å²) in [5.74, 6) is -0.762. The Morgan fingerprint density at radius 2 is 1.85 bits per heavy atom. The predicted molar refractivity (Wildman–Crippen MR) is 99.5 cm³/mol. The molecule has 8 heteroatoms. The van der Waals surface area contributed by atoms with Crippen molar-refractivity contribution in [1.29, 1.82) is 0 Å². The normalized spacial score (nSPS) is 13.7. The number of amides is 2. The first-order valence-electron chi connectivity index (χ1n) is 8.51. The van der Waals surface area contributed by atoms with Gasteiger partial charge in [0.15, 0.2) is 0 Å². The average Bonchev–Trinajstić information content (AvgIpc) is 2.94. The lowest BCUT2D eigenvalue weighted by Crippen LogP contribution is -2.50. The Hall–Kier alpha value is -2.22. The van der Waals surface area contributed by atoms with E-state index in [1.54, 1.807) is 26.8 Å². The van der Waals surface area contributed by atoms with E-state index >= 15 is 0 Å². The van der Waals surface area contributed by atoms with Gasteiger partial charge in [-0.05, 0) is 44.9 Å². The van der Waals surface area contributed by atoms with Gasteiger partial charge in [-0.25, -0.2) is 14.2 Å². The molecule has 0 radical (unpaired) electrons. The molecule has 0 unspecified atom stereocenters.